The molecule has 1 aliphatic rings. The lowest BCUT2D eigenvalue weighted by molar-refractivity contribution is -0.150. The number of amides is 1. The number of esters is 1. The van der Waals surface area contributed by atoms with Crippen LogP contribution in [0.1, 0.15) is 32.3 Å². The first-order valence-corrected chi connectivity index (χ1v) is 10.2. The number of likely N-dealkylation sites (tertiary alicyclic amines) is 1. The van der Waals surface area contributed by atoms with Crippen molar-refractivity contribution in [3.05, 3.63) is 59.9 Å². The highest BCUT2D eigenvalue weighted by molar-refractivity contribution is 5.77. The number of nitrogens with zero attached hydrogens (tertiary/aromatic N) is 1. The first-order chi connectivity index (χ1) is 14.6. The molecule has 31 heavy (non-hydrogen) atoms. The van der Waals surface area contributed by atoms with Crippen molar-refractivity contribution in [3.8, 4) is 11.1 Å². The Hall–Kier alpha value is -2.93. The number of halogens is 1. The van der Waals surface area contributed by atoms with E-state index in [1.54, 1.807) is 32.9 Å². The molecule has 0 radical (unpaired) electrons. The van der Waals surface area contributed by atoms with Gasteiger partial charge in [-0.3, -0.25) is 4.79 Å². The van der Waals surface area contributed by atoms with E-state index in [1.165, 1.54) is 24.1 Å². The van der Waals surface area contributed by atoms with Crippen LogP contribution in [0.3, 0.4) is 0 Å². The fourth-order valence-electron chi connectivity index (χ4n) is 3.90. The summed E-state index contributed by atoms with van der Waals surface area (Å²) in [5.74, 6) is -2.16. The third kappa shape index (κ3) is 5.41. The molecule has 1 N–H and O–H groups in total. The van der Waals surface area contributed by atoms with Crippen LogP contribution in [-0.2, 0) is 14.3 Å². The number of hydrogen-bond acceptors (Lipinski definition) is 5. The molecule has 1 fully saturated rings. The van der Waals surface area contributed by atoms with Gasteiger partial charge in [-0.05, 0) is 49.6 Å². The van der Waals surface area contributed by atoms with Crippen LogP contribution in [0.25, 0.3) is 11.1 Å². The summed E-state index contributed by atoms with van der Waals surface area (Å²) in [6.45, 7) is 5.38. The minimum Gasteiger partial charge on any atom is -0.469 e. The zero-order chi connectivity index (χ0) is 22.8. The number of aliphatic hydroxyl groups is 1. The van der Waals surface area contributed by atoms with Gasteiger partial charge in [0.15, 0.2) is 0 Å². The van der Waals surface area contributed by atoms with Crippen LogP contribution in [0.5, 0.6) is 0 Å². The molecule has 3 atom stereocenters. The summed E-state index contributed by atoms with van der Waals surface area (Å²) in [7, 11) is 1.28. The highest BCUT2D eigenvalue weighted by Crippen LogP contribution is 2.36. The van der Waals surface area contributed by atoms with Crippen LogP contribution >= 0.6 is 0 Å². The van der Waals surface area contributed by atoms with Gasteiger partial charge in [-0.25, -0.2) is 9.18 Å². The smallest absolute Gasteiger partial charge is 0.410 e. The average Bonchev–Trinajstić information content (AvgIpc) is 2.72. The van der Waals surface area contributed by atoms with Crippen molar-refractivity contribution in [1.29, 1.82) is 0 Å². The lowest BCUT2D eigenvalue weighted by atomic mass is 9.78. The minimum absolute atomic E-state index is 0.0356. The second-order valence-electron chi connectivity index (χ2n) is 8.74. The van der Waals surface area contributed by atoms with Crippen LogP contribution in [0.4, 0.5) is 9.18 Å². The fraction of sp³-hybridized carbons (Fsp3) is 0.417. The summed E-state index contributed by atoms with van der Waals surface area (Å²) in [4.78, 5) is 26.5. The predicted octanol–water partition coefficient (Wildman–Crippen LogP) is 3.98. The third-order valence-electron chi connectivity index (χ3n) is 5.28. The van der Waals surface area contributed by atoms with Crippen LogP contribution in [0.2, 0.25) is 0 Å². The van der Waals surface area contributed by atoms with Crippen molar-refractivity contribution in [2.75, 3.05) is 20.2 Å². The molecule has 0 spiro atoms. The zero-order valence-electron chi connectivity index (χ0n) is 18.2. The number of aliphatic hydroxyl groups excluding tert-OH is 1. The quantitative estimate of drug-likeness (QED) is 0.747. The van der Waals surface area contributed by atoms with Crippen molar-refractivity contribution in [2.24, 2.45) is 5.92 Å². The summed E-state index contributed by atoms with van der Waals surface area (Å²) >= 11 is 0. The Morgan fingerprint density at radius 2 is 1.74 bits per heavy atom. The molecule has 166 valence electrons. The summed E-state index contributed by atoms with van der Waals surface area (Å²) < 4.78 is 23.7. The lowest BCUT2D eigenvalue weighted by Gasteiger charge is -2.41. The minimum atomic E-state index is -0.992. The second kappa shape index (κ2) is 9.06. The molecule has 3 rings (SSSR count). The van der Waals surface area contributed by atoms with Gasteiger partial charge in [-0.2, -0.15) is 0 Å². The van der Waals surface area contributed by atoms with E-state index in [-0.39, 0.29) is 18.9 Å². The molecular formula is C24H28FNO5. The Labute approximate surface area is 181 Å². The first-order valence-electron chi connectivity index (χ1n) is 10.2. The van der Waals surface area contributed by atoms with E-state index in [2.05, 4.69) is 0 Å². The lowest BCUT2D eigenvalue weighted by Crippen LogP contribution is -2.53. The molecule has 6 nitrogen and oxygen atoms in total. The SMILES string of the molecule is COC(=O)[C@H]1CN(C(=O)OC(C)(C)C)C[C@@H](O)[C@@H]1c1cccc(-c2ccc(F)cc2)c1. The van der Waals surface area contributed by atoms with E-state index in [0.29, 0.717) is 0 Å². The van der Waals surface area contributed by atoms with Crippen LogP contribution in [0.15, 0.2) is 48.5 Å². The molecule has 2 aromatic carbocycles. The summed E-state index contributed by atoms with van der Waals surface area (Å²) in [6, 6.07) is 13.5. The maximum atomic E-state index is 13.3. The van der Waals surface area contributed by atoms with E-state index in [0.717, 1.165) is 16.7 Å². The number of carbonyl (C=O) groups excluding carboxylic acids is 2. The Bertz CT molecular complexity index is 938. The first kappa shape index (κ1) is 22.7. The van der Waals surface area contributed by atoms with Gasteiger partial charge in [0.1, 0.15) is 11.4 Å². The van der Waals surface area contributed by atoms with Crippen molar-refractivity contribution in [1.82, 2.24) is 4.90 Å². The topological polar surface area (TPSA) is 76.1 Å². The number of piperidine rings is 1. The van der Waals surface area contributed by atoms with Gasteiger partial charge in [0, 0.05) is 12.5 Å². The maximum Gasteiger partial charge on any atom is 0.410 e. The molecule has 0 unspecified atom stereocenters. The number of methoxy groups -OCH3 is 1. The van der Waals surface area contributed by atoms with Crippen molar-refractivity contribution >= 4 is 12.1 Å². The van der Waals surface area contributed by atoms with E-state index < -0.39 is 35.6 Å². The van der Waals surface area contributed by atoms with Gasteiger partial charge in [0.25, 0.3) is 0 Å². The average molecular weight is 429 g/mol. The number of ether oxygens (including phenoxy) is 2. The fourth-order valence-corrected chi connectivity index (χ4v) is 3.90. The Balaban J connectivity index is 1.91. The molecule has 2 aromatic rings. The molecule has 1 amide bonds. The van der Waals surface area contributed by atoms with Crippen molar-refractivity contribution < 1.29 is 28.6 Å². The molecule has 1 aliphatic heterocycles. The molecule has 1 heterocycles. The van der Waals surface area contributed by atoms with E-state index in [1.807, 2.05) is 24.3 Å². The number of hydrogen-bond donors (Lipinski definition) is 1. The third-order valence-corrected chi connectivity index (χ3v) is 5.28. The van der Waals surface area contributed by atoms with Crippen molar-refractivity contribution in [2.45, 2.75) is 38.4 Å². The Morgan fingerprint density at radius 1 is 1.06 bits per heavy atom. The van der Waals surface area contributed by atoms with E-state index >= 15 is 0 Å². The molecule has 1 saturated heterocycles. The standard InChI is InChI=1S/C24H28FNO5/c1-24(2,3)31-23(29)26-13-19(22(28)30-4)21(20(27)14-26)17-7-5-6-16(12-17)15-8-10-18(25)11-9-15/h5-12,19-21,27H,13-14H2,1-4H3/t19-,20+,21+/m0/s1. The number of rotatable bonds is 3. The van der Waals surface area contributed by atoms with Gasteiger partial charge >= 0.3 is 12.1 Å². The largest absolute Gasteiger partial charge is 0.469 e. The summed E-state index contributed by atoms with van der Waals surface area (Å²) in [6.07, 6.45) is -1.58. The van der Waals surface area contributed by atoms with Gasteiger partial charge in [-0.1, -0.05) is 36.4 Å². The number of benzene rings is 2. The van der Waals surface area contributed by atoms with Crippen LogP contribution in [-0.4, -0.2) is 54.0 Å². The maximum absolute atomic E-state index is 13.3. The van der Waals surface area contributed by atoms with Crippen LogP contribution in [0, 0.1) is 11.7 Å². The summed E-state index contributed by atoms with van der Waals surface area (Å²) in [5, 5.41) is 10.9. The molecular weight excluding hydrogens is 401 g/mol. The molecule has 0 aromatic heterocycles. The highest BCUT2D eigenvalue weighted by Gasteiger charge is 2.44. The van der Waals surface area contributed by atoms with E-state index in [9.17, 15) is 19.1 Å². The number of carbonyl (C=O) groups is 2. The Morgan fingerprint density at radius 3 is 2.35 bits per heavy atom. The Kier molecular flexibility index (Phi) is 6.65. The molecule has 0 aliphatic carbocycles. The monoisotopic (exact) mass is 429 g/mol. The predicted molar refractivity (Wildman–Crippen MR) is 114 cm³/mol. The highest BCUT2D eigenvalue weighted by atomic mass is 19.1. The summed E-state index contributed by atoms with van der Waals surface area (Å²) in [5.41, 5.74) is 1.71. The molecule has 0 saturated carbocycles. The molecule has 0 bridgehead atoms. The molecule has 7 heteroatoms. The second-order valence-corrected chi connectivity index (χ2v) is 8.74. The van der Waals surface area contributed by atoms with Gasteiger partial charge in [0.05, 0.1) is 25.7 Å². The van der Waals surface area contributed by atoms with E-state index in [4.69, 9.17) is 9.47 Å². The van der Waals surface area contributed by atoms with Gasteiger partial charge in [-0.15, -0.1) is 0 Å². The van der Waals surface area contributed by atoms with Gasteiger partial charge < -0.3 is 19.5 Å². The van der Waals surface area contributed by atoms with Gasteiger partial charge in [0.2, 0.25) is 0 Å². The van der Waals surface area contributed by atoms with Crippen LogP contribution < -0.4 is 0 Å². The van der Waals surface area contributed by atoms with Crippen molar-refractivity contribution in [3.63, 3.8) is 0 Å². The zero-order valence-corrected chi connectivity index (χ0v) is 18.2. The normalized spacial score (nSPS) is 21.5. The number of β-amino-alcohol motifs (C(OH)–C–C–N with tert-alkyl or cyclic N) is 1.